The quantitative estimate of drug-likeness (QED) is 0.218. The molecule has 42 heavy (non-hydrogen) atoms. The van der Waals surface area contributed by atoms with Gasteiger partial charge in [-0.25, -0.2) is 0 Å². The van der Waals surface area contributed by atoms with E-state index in [0.717, 1.165) is 61.6 Å². The van der Waals surface area contributed by atoms with Crippen LogP contribution in [0.4, 0.5) is 17.1 Å². The molecule has 0 radical (unpaired) electrons. The first-order valence-electron chi connectivity index (χ1n) is 14.4. The third-order valence-electron chi connectivity index (χ3n) is 9.05. The Morgan fingerprint density at radius 3 is 2.19 bits per heavy atom. The number of ether oxygens (including phenoxy) is 1. The van der Waals surface area contributed by atoms with Crippen molar-refractivity contribution in [2.24, 2.45) is 0 Å². The van der Waals surface area contributed by atoms with Crippen LogP contribution < -0.4 is 9.64 Å². The molecule has 0 bridgehead atoms. The summed E-state index contributed by atoms with van der Waals surface area (Å²) in [6, 6.07) is 45.0. The minimum absolute atomic E-state index is 0.0999. The predicted octanol–water partition coefficient (Wildman–Crippen LogP) is 11.1. The third-order valence-corrected chi connectivity index (χ3v) is 9.05. The number of nitrogens with zero attached hydrogens (tertiary/aromatic N) is 1. The first-order valence-corrected chi connectivity index (χ1v) is 14.4. The van der Waals surface area contributed by atoms with Gasteiger partial charge in [0.15, 0.2) is 11.5 Å². The minimum Gasteiger partial charge on any atom is -0.455 e. The lowest BCUT2D eigenvalue weighted by molar-refractivity contribution is 0.475. The second-order valence-corrected chi connectivity index (χ2v) is 11.8. The molecule has 1 aromatic heterocycles. The van der Waals surface area contributed by atoms with Crippen LogP contribution in [-0.4, -0.2) is 0 Å². The lowest BCUT2D eigenvalue weighted by Crippen LogP contribution is -2.18. The summed E-state index contributed by atoms with van der Waals surface area (Å²) in [5.74, 6) is 1.71. The maximum absolute atomic E-state index is 6.71. The second kappa shape index (κ2) is 8.37. The van der Waals surface area contributed by atoms with Crippen LogP contribution in [0, 0.1) is 0 Å². The highest BCUT2D eigenvalue weighted by molar-refractivity contribution is 6.09. The molecule has 0 fully saturated rings. The van der Waals surface area contributed by atoms with Crippen LogP contribution in [-0.2, 0) is 5.41 Å². The van der Waals surface area contributed by atoms with E-state index in [1.807, 2.05) is 12.1 Å². The monoisotopic (exact) mass is 541 g/mol. The van der Waals surface area contributed by atoms with Crippen molar-refractivity contribution >= 4 is 39.0 Å². The van der Waals surface area contributed by atoms with Crippen molar-refractivity contribution in [1.29, 1.82) is 0 Å². The van der Waals surface area contributed by atoms with Crippen LogP contribution in [0.3, 0.4) is 0 Å². The highest BCUT2D eigenvalue weighted by atomic mass is 16.5. The fourth-order valence-corrected chi connectivity index (χ4v) is 7.00. The van der Waals surface area contributed by atoms with Crippen LogP contribution in [0.15, 0.2) is 132 Å². The molecule has 0 spiro atoms. The molecule has 3 nitrogen and oxygen atoms in total. The number of benzene rings is 6. The maximum atomic E-state index is 6.71. The van der Waals surface area contributed by atoms with Crippen LogP contribution in [0.1, 0.15) is 25.0 Å². The van der Waals surface area contributed by atoms with Crippen molar-refractivity contribution in [3.8, 4) is 33.8 Å². The normalized spacial score (nSPS) is 14.3. The average molecular weight is 542 g/mol. The van der Waals surface area contributed by atoms with Gasteiger partial charge in [-0.3, -0.25) is 0 Å². The SMILES string of the molecule is CC1(C)c2ccccc2-c2cc3c(cc21)Oc1ccc(-c2cccc4c2oc2ccccc24)cc1N3c1ccccc1. The Hall–Kier alpha value is -5.28. The number of hydrogen-bond donors (Lipinski definition) is 0. The number of anilines is 3. The van der Waals surface area contributed by atoms with Gasteiger partial charge in [-0.1, -0.05) is 98.8 Å². The molecule has 0 saturated heterocycles. The van der Waals surface area contributed by atoms with E-state index in [1.165, 1.54) is 22.3 Å². The molecule has 9 rings (SSSR count). The fraction of sp³-hybridized carbons (Fsp3) is 0.0769. The largest absolute Gasteiger partial charge is 0.455 e. The zero-order valence-electron chi connectivity index (χ0n) is 23.4. The Kier molecular flexibility index (Phi) is 4.67. The minimum atomic E-state index is -0.0999. The summed E-state index contributed by atoms with van der Waals surface area (Å²) in [7, 11) is 0. The van der Waals surface area contributed by atoms with E-state index in [9.17, 15) is 0 Å². The number of para-hydroxylation sites is 3. The molecule has 7 aromatic rings. The standard InChI is InChI=1S/C39H27NO2/c1-39(2)31-17-8-6-13-27(31)30-22-34-37(23-32(30)39)41-36-20-19-24(21-33(36)40(34)25-11-4-3-5-12-25)26-15-10-16-29-28-14-7-9-18-35(28)42-38(26)29/h3-23H,1-2H3. The predicted molar refractivity (Wildman–Crippen MR) is 171 cm³/mol. The third kappa shape index (κ3) is 3.16. The highest BCUT2D eigenvalue weighted by Gasteiger charge is 2.38. The molecule has 0 atom stereocenters. The van der Waals surface area contributed by atoms with Crippen LogP contribution in [0.25, 0.3) is 44.2 Å². The van der Waals surface area contributed by atoms with E-state index in [2.05, 4.69) is 134 Å². The Morgan fingerprint density at radius 1 is 0.548 bits per heavy atom. The molecule has 1 aliphatic carbocycles. The molecule has 3 heteroatoms. The van der Waals surface area contributed by atoms with Crippen molar-refractivity contribution in [3.63, 3.8) is 0 Å². The average Bonchev–Trinajstić information content (AvgIpc) is 3.52. The second-order valence-electron chi connectivity index (χ2n) is 11.8. The molecule has 2 aliphatic rings. The van der Waals surface area contributed by atoms with Crippen molar-refractivity contribution in [1.82, 2.24) is 0 Å². The molecule has 2 heterocycles. The lowest BCUT2D eigenvalue weighted by Gasteiger charge is -2.34. The van der Waals surface area contributed by atoms with Gasteiger partial charge in [-0.2, -0.15) is 0 Å². The van der Waals surface area contributed by atoms with Crippen LogP contribution in [0.5, 0.6) is 11.5 Å². The summed E-state index contributed by atoms with van der Waals surface area (Å²) in [6.07, 6.45) is 0. The lowest BCUT2D eigenvalue weighted by atomic mass is 9.82. The highest BCUT2D eigenvalue weighted by Crippen LogP contribution is 2.57. The summed E-state index contributed by atoms with van der Waals surface area (Å²) in [6.45, 7) is 4.61. The van der Waals surface area contributed by atoms with E-state index < -0.39 is 0 Å². The van der Waals surface area contributed by atoms with Gasteiger partial charge in [0.25, 0.3) is 0 Å². The Balaban J connectivity index is 1.27. The zero-order valence-corrected chi connectivity index (χ0v) is 23.4. The van der Waals surface area contributed by atoms with Crippen molar-refractivity contribution in [3.05, 3.63) is 139 Å². The molecule has 0 amide bonds. The van der Waals surface area contributed by atoms with Gasteiger partial charge in [0, 0.05) is 27.4 Å². The topological polar surface area (TPSA) is 25.6 Å². The summed E-state index contributed by atoms with van der Waals surface area (Å²) in [5, 5.41) is 2.26. The molecule has 0 N–H and O–H groups in total. The van der Waals surface area contributed by atoms with Crippen LogP contribution >= 0.6 is 0 Å². The fourth-order valence-electron chi connectivity index (χ4n) is 7.00. The molecular weight excluding hydrogens is 514 g/mol. The van der Waals surface area contributed by atoms with E-state index in [1.54, 1.807) is 0 Å². The summed E-state index contributed by atoms with van der Waals surface area (Å²) in [4.78, 5) is 2.34. The van der Waals surface area contributed by atoms with Gasteiger partial charge in [0.05, 0.1) is 11.4 Å². The summed E-state index contributed by atoms with van der Waals surface area (Å²) < 4.78 is 13.1. The van der Waals surface area contributed by atoms with E-state index in [4.69, 9.17) is 9.15 Å². The molecule has 200 valence electrons. The Labute approximate surface area is 244 Å². The van der Waals surface area contributed by atoms with Crippen molar-refractivity contribution < 1.29 is 9.15 Å². The zero-order chi connectivity index (χ0) is 28.0. The number of furan rings is 1. The molecule has 6 aromatic carbocycles. The summed E-state index contributed by atoms with van der Waals surface area (Å²) in [5.41, 5.74) is 12.2. The van der Waals surface area contributed by atoms with E-state index in [-0.39, 0.29) is 5.41 Å². The molecule has 1 aliphatic heterocycles. The maximum Gasteiger partial charge on any atom is 0.151 e. The molecule has 0 saturated carbocycles. The number of hydrogen-bond acceptors (Lipinski definition) is 3. The van der Waals surface area contributed by atoms with E-state index in [0.29, 0.717) is 0 Å². The first kappa shape index (κ1) is 23.4. The van der Waals surface area contributed by atoms with Crippen molar-refractivity contribution in [2.75, 3.05) is 4.90 Å². The summed E-state index contributed by atoms with van der Waals surface area (Å²) >= 11 is 0. The van der Waals surface area contributed by atoms with Gasteiger partial charge in [0.2, 0.25) is 0 Å². The molecular formula is C39H27NO2. The first-order chi connectivity index (χ1) is 20.6. The van der Waals surface area contributed by atoms with E-state index >= 15 is 0 Å². The van der Waals surface area contributed by atoms with Gasteiger partial charge >= 0.3 is 0 Å². The smallest absolute Gasteiger partial charge is 0.151 e. The van der Waals surface area contributed by atoms with Gasteiger partial charge < -0.3 is 14.1 Å². The Bertz CT molecular complexity index is 2210. The van der Waals surface area contributed by atoms with Gasteiger partial charge in [-0.15, -0.1) is 0 Å². The van der Waals surface area contributed by atoms with Gasteiger partial charge in [-0.05, 0) is 70.3 Å². The number of fused-ring (bicyclic) bond motifs is 8. The number of rotatable bonds is 2. The Morgan fingerprint density at radius 2 is 1.29 bits per heavy atom. The van der Waals surface area contributed by atoms with Crippen LogP contribution in [0.2, 0.25) is 0 Å². The molecule has 0 unspecified atom stereocenters. The van der Waals surface area contributed by atoms with Crippen molar-refractivity contribution in [2.45, 2.75) is 19.3 Å². The van der Waals surface area contributed by atoms with Gasteiger partial charge in [0.1, 0.15) is 11.2 Å².